The molecular weight excluding hydrogens is 260 g/mol. The number of unbranched alkanes of at least 4 members (excludes halogenated alkanes) is 2. The van der Waals surface area contributed by atoms with Crippen LogP contribution in [-0.2, 0) is 0 Å². The highest BCUT2D eigenvalue weighted by Crippen LogP contribution is 2.42. The largest absolute Gasteiger partial charge is 0.401 e. The zero-order chi connectivity index (χ0) is 14.4. The van der Waals surface area contributed by atoms with E-state index in [1.54, 1.807) is 0 Å². The third kappa shape index (κ3) is 5.93. The molecule has 1 atom stereocenters. The molecule has 1 nitrogen and oxygen atoms in total. The Labute approximate surface area is 103 Å². The van der Waals surface area contributed by atoms with Crippen molar-refractivity contribution in [1.82, 2.24) is 5.32 Å². The molecule has 0 spiro atoms. The first-order chi connectivity index (χ1) is 8.14. The van der Waals surface area contributed by atoms with Crippen LogP contribution in [0.4, 0.5) is 26.3 Å². The van der Waals surface area contributed by atoms with Crippen molar-refractivity contribution in [2.75, 3.05) is 6.54 Å². The van der Waals surface area contributed by atoms with Crippen LogP contribution in [0.1, 0.15) is 39.5 Å². The summed E-state index contributed by atoms with van der Waals surface area (Å²) in [4.78, 5) is 0. The second-order valence-electron chi connectivity index (χ2n) is 4.22. The van der Waals surface area contributed by atoms with E-state index in [1.165, 1.54) is 6.92 Å². The number of rotatable bonds is 7. The van der Waals surface area contributed by atoms with Gasteiger partial charge in [-0.3, -0.25) is 0 Å². The molecule has 0 fully saturated rings. The number of hydrogen-bond acceptors (Lipinski definition) is 1. The molecule has 110 valence electrons. The number of halogens is 6. The van der Waals surface area contributed by atoms with Gasteiger partial charge in [0.1, 0.15) is 0 Å². The molecular formula is C11H19F6N. The van der Waals surface area contributed by atoms with Crippen LogP contribution in [0.25, 0.3) is 0 Å². The van der Waals surface area contributed by atoms with Gasteiger partial charge in [0.25, 0.3) is 0 Å². The van der Waals surface area contributed by atoms with E-state index < -0.39 is 24.3 Å². The molecule has 0 saturated heterocycles. The summed E-state index contributed by atoms with van der Waals surface area (Å²) >= 11 is 0. The molecule has 18 heavy (non-hydrogen) atoms. The maximum absolute atomic E-state index is 12.5. The molecule has 0 aromatic rings. The van der Waals surface area contributed by atoms with E-state index in [-0.39, 0.29) is 13.0 Å². The van der Waals surface area contributed by atoms with Crippen LogP contribution in [0.15, 0.2) is 0 Å². The average Bonchev–Trinajstić information content (AvgIpc) is 2.13. The van der Waals surface area contributed by atoms with Gasteiger partial charge in [-0.05, 0) is 13.0 Å². The average molecular weight is 279 g/mol. The van der Waals surface area contributed by atoms with E-state index in [9.17, 15) is 26.3 Å². The molecule has 0 aliphatic heterocycles. The quantitative estimate of drug-likeness (QED) is 0.541. The minimum Gasteiger partial charge on any atom is -0.313 e. The monoisotopic (exact) mass is 279 g/mol. The second kappa shape index (κ2) is 7.21. The van der Waals surface area contributed by atoms with Crippen LogP contribution < -0.4 is 5.32 Å². The van der Waals surface area contributed by atoms with E-state index in [0.717, 1.165) is 6.42 Å². The number of nitrogens with one attached hydrogen (secondary N) is 1. The van der Waals surface area contributed by atoms with Gasteiger partial charge < -0.3 is 5.32 Å². The number of hydrogen-bond donors (Lipinski definition) is 1. The Morgan fingerprint density at radius 2 is 1.39 bits per heavy atom. The van der Waals surface area contributed by atoms with Crippen LogP contribution in [0.3, 0.4) is 0 Å². The van der Waals surface area contributed by atoms with Crippen molar-refractivity contribution in [2.24, 2.45) is 5.92 Å². The Morgan fingerprint density at radius 3 is 1.72 bits per heavy atom. The Morgan fingerprint density at radius 1 is 0.889 bits per heavy atom. The second-order valence-corrected chi connectivity index (χ2v) is 4.22. The molecule has 0 aliphatic rings. The first kappa shape index (κ1) is 17.5. The van der Waals surface area contributed by atoms with Crippen molar-refractivity contribution in [3.63, 3.8) is 0 Å². The molecule has 7 heteroatoms. The van der Waals surface area contributed by atoms with Gasteiger partial charge >= 0.3 is 12.4 Å². The Kier molecular flexibility index (Phi) is 7.02. The fraction of sp³-hybridized carbons (Fsp3) is 1.00. The molecule has 0 heterocycles. The van der Waals surface area contributed by atoms with E-state index in [0.29, 0.717) is 12.8 Å². The lowest BCUT2D eigenvalue weighted by molar-refractivity contribution is -0.292. The smallest absolute Gasteiger partial charge is 0.313 e. The summed E-state index contributed by atoms with van der Waals surface area (Å²) in [6, 6.07) is -1.60. The van der Waals surface area contributed by atoms with Gasteiger partial charge in [0.05, 0.1) is 0 Å². The van der Waals surface area contributed by atoms with E-state index >= 15 is 0 Å². The Hall–Kier alpha value is -0.460. The maximum Gasteiger partial charge on any atom is 0.401 e. The van der Waals surface area contributed by atoms with Gasteiger partial charge in [-0.2, -0.15) is 26.3 Å². The maximum atomic E-state index is 12.5. The third-order valence-electron chi connectivity index (χ3n) is 2.69. The Balaban J connectivity index is 4.87. The highest BCUT2D eigenvalue weighted by Gasteiger charge is 2.59. The van der Waals surface area contributed by atoms with Gasteiger partial charge in [0.15, 0.2) is 5.92 Å². The molecule has 0 radical (unpaired) electrons. The van der Waals surface area contributed by atoms with Crippen molar-refractivity contribution < 1.29 is 26.3 Å². The molecule has 0 amide bonds. The predicted molar refractivity (Wildman–Crippen MR) is 57.2 cm³/mol. The predicted octanol–water partition coefficient (Wildman–Crippen LogP) is 4.29. The van der Waals surface area contributed by atoms with E-state index in [4.69, 9.17) is 0 Å². The minimum absolute atomic E-state index is 0.0828. The highest BCUT2D eigenvalue weighted by atomic mass is 19.4. The molecule has 0 saturated carbocycles. The molecule has 0 aliphatic carbocycles. The van der Waals surface area contributed by atoms with Gasteiger partial charge in [-0.15, -0.1) is 0 Å². The zero-order valence-corrected chi connectivity index (χ0v) is 10.5. The fourth-order valence-corrected chi connectivity index (χ4v) is 1.90. The molecule has 1 N–H and O–H groups in total. The zero-order valence-electron chi connectivity index (χ0n) is 10.5. The van der Waals surface area contributed by atoms with Crippen LogP contribution in [0.5, 0.6) is 0 Å². The van der Waals surface area contributed by atoms with Crippen molar-refractivity contribution >= 4 is 0 Å². The highest BCUT2D eigenvalue weighted by molar-refractivity contribution is 4.86. The molecule has 0 rings (SSSR count). The van der Waals surface area contributed by atoms with Crippen molar-refractivity contribution in [2.45, 2.75) is 57.9 Å². The normalized spacial score (nSPS) is 15.2. The van der Waals surface area contributed by atoms with Crippen molar-refractivity contribution in [1.29, 1.82) is 0 Å². The van der Waals surface area contributed by atoms with Crippen molar-refractivity contribution in [3.8, 4) is 0 Å². The summed E-state index contributed by atoms with van der Waals surface area (Å²) in [6.07, 6.45) is -8.91. The molecule has 0 aromatic carbocycles. The summed E-state index contributed by atoms with van der Waals surface area (Å²) in [6.45, 7) is 3.42. The first-order valence-corrected chi connectivity index (χ1v) is 6.01. The lowest BCUT2D eigenvalue weighted by Gasteiger charge is -2.31. The van der Waals surface area contributed by atoms with Gasteiger partial charge in [-0.25, -0.2) is 0 Å². The van der Waals surface area contributed by atoms with Gasteiger partial charge in [0.2, 0.25) is 0 Å². The lowest BCUT2D eigenvalue weighted by Crippen LogP contribution is -2.51. The summed E-state index contributed by atoms with van der Waals surface area (Å²) in [5, 5.41) is 2.31. The van der Waals surface area contributed by atoms with Crippen LogP contribution in [0, 0.1) is 5.92 Å². The SMILES string of the molecule is CCCCCC(NCC)C(C(F)(F)F)C(F)(F)F. The topological polar surface area (TPSA) is 12.0 Å². The summed E-state index contributed by atoms with van der Waals surface area (Å²) in [5.41, 5.74) is 0. The number of alkyl halides is 6. The van der Waals surface area contributed by atoms with Gasteiger partial charge in [0, 0.05) is 6.04 Å². The first-order valence-electron chi connectivity index (χ1n) is 6.01. The van der Waals surface area contributed by atoms with Crippen molar-refractivity contribution in [3.05, 3.63) is 0 Å². The summed E-state index contributed by atoms with van der Waals surface area (Å²) in [5.74, 6) is -3.29. The van der Waals surface area contributed by atoms with Crippen LogP contribution in [-0.4, -0.2) is 24.9 Å². The Bertz CT molecular complexity index is 209. The summed E-state index contributed by atoms with van der Waals surface area (Å²) in [7, 11) is 0. The molecule has 0 bridgehead atoms. The van der Waals surface area contributed by atoms with E-state index in [1.807, 2.05) is 6.92 Å². The minimum atomic E-state index is -5.27. The van der Waals surface area contributed by atoms with Gasteiger partial charge in [-0.1, -0.05) is 33.1 Å². The molecule has 1 unspecified atom stereocenters. The lowest BCUT2D eigenvalue weighted by atomic mass is 9.93. The molecule has 0 aromatic heterocycles. The standard InChI is InChI=1S/C11H19F6N/c1-3-5-6-7-8(18-4-2)9(10(12,13)14)11(15,16)17/h8-9,18H,3-7H2,1-2H3. The van der Waals surface area contributed by atoms with E-state index in [2.05, 4.69) is 5.32 Å². The van der Waals surface area contributed by atoms with Crippen LogP contribution >= 0.6 is 0 Å². The van der Waals surface area contributed by atoms with Crippen LogP contribution in [0.2, 0.25) is 0 Å². The summed E-state index contributed by atoms with van der Waals surface area (Å²) < 4.78 is 75.2. The third-order valence-corrected chi connectivity index (χ3v) is 2.69. The fourth-order valence-electron chi connectivity index (χ4n) is 1.90.